The number of rotatable bonds is 5. The summed E-state index contributed by atoms with van der Waals surface area (Å²) >= 11 is 0. The zero-order chi connectivity index (χ0) is 11.1. The van der Waals surface area contributed by atoms with Crippen LogP contribution in [0.4, 0.5) is 0 Å². The molecular formula is C14H16O3. The van der Waals surface area contributed by atoms with Crippen molar-refractivity contribution >= 4 is 0 Å². The molecule has 0 aliphatic heterocycles. The second kappa shape index (κ2) is 7.57. The highest BCUT2D eigenvalue weighted by Crippen LogP contribution is 2.04. The molecule has 0 radical (unpaired) electrons. The minimum absolute atomic E-state index is 0. The van der Waals surface area contributed by atoms with E-state index >= 15 is 0 Å². The number of benzene rings is 2. The molecular weight excluding hydrogens is 216 g/mol. The Labute approximate surface area is 101 Å². The zero-order valence-corrected chi connectivity index (χ0v) is 9.50. The van der Waals surface area contributed by atoms with Crippen LogP contribution in [0.2, 0.25) is 0 Å². The van der Waals surface area contributed by atoms with Crippen LogP contribution in [0, 0.1) is 0 Å². The normalized spacial score (nSPS) is 9.65. The van der Waals surface area contributed by atoms with E-state index in [2.05, 4.69) is 0 Å². The van der Waals surface area contributed by atoms with Gasteiger partial charge in [0, 0.05) is 0 Å². The molecule has 0 bridgehead atoms. The van der Waals surface area contributed by atoms with Crippen molar-refractivity contribution in [3.63, 3.8) is 0 Å². The molecule has 0 aromatic heterocycles. The van der Waals surface area contributed by atoms with Crippen molar-refractivity contribution in [3.8, 4) is 0 Å². The summed E-state index contributed by atoms with van der Waals surface area (Å²) in [4.78, 5) is 10.2. The fourth-order valence-electron chi connectivity index (χ4n) is 1.37. The maximum absolute atomic E-state index is 5.12. The molecule has 2 aromatic rings. The highest BCUT2D eigenvalue weighted by atomic mass is 17.2. The van der Waals surface area contributed by atoms with Crippen molar-refractivity contribution in [2.75, 3.05) is 0 Å². The zero-order valence-electron chi connectivity index (χ0n) is 9.50. The smallest absolute Gasteiger partial charge is 0.107 e. The van der Waals surface area contributed by atoms with E-state index in [-0.39, 0.29) is 5.48 Å². The summed E-state index contributed by atoms with van der Waals surface area (Å²) in [5, 5.41) is 0. The Kier molecular flexibility index (Phi) is 5.96. The number of hydrogen-bond acceptors (Lipinski definition) is 2. The van der Waals surface area contributed by atoms with Gasteiger partial charge in [0.15, 0.2) is 0 Å². The van der Waals surface area contributed by atoms with E-state index in [0.29, 0.717) is 13.2 Å². The molecule has 2 rings (SSSR count). The van der Waals surface area contributed by atoms with Crippen LogP contribution in [-0.4, -0.2) is 5.48 Å². The first-order valence-electron chi connectivity index (χ1n) is 5.27. The molecule has 3 nitrogen and oxygen atoms in total. The molecule has 0 aliphatic rings. The monoisotopic (exact) mass is 232 g/mol. The van der Waals surface area contributed by atoms with E-state index in [1.54, 1.807) is 0 Å². The van der Waals surface area contributed by atoms with E-state index in [4.69, 9.17) is 9.78 Å². The van der Waals surface area contributed by atoms with Crippen LogP contribution < -0.4 is 0 Å². The van der Waals surface area contributed by atoms with E-state index < -0.39 is 0 Å². The second-order valence-corrected chi connectivity index (χ2v) is 3.50. The van der Waals surface area contributed by atoms with Crippen molar-refractivity contribution in [2.24, 2.45) is 0 Å². The first-order valence-corrected chi connectivity index (χ1v) is 5.27. The van der Waals surface area contributed by atoms with Gasteiger partial charge in [0.2, 0.25) is 0 Å². The quantitative estimate of drug-likeness (QED) is 0.452. The van der Waals surface area contributed by atoms with E-state index in [1.807, 2.05) is 60.7 Å². The first-order chi connectivity index (χ1) is 7.95. The summed E-state index contributed by atoms with van der Waals surface area (Å²) < 4.78 is 0. The van der Waals surface area contributed by atoms with Gasteiger partial charge < -0.3 is 5.48 Å². The highest BCUT2D eigenvalue weighted by molar-refractivity contribution is 5.14. The molecule has 3 heteroatoms. The molecule has 2 aromatic carbocycles. The molecule has 0 saturated heterocycles. The summed E-state index contributed by atoms with van der Waals surface area (Å²) in [5.41, 5.74) is 2.21. The van der Waals surface area contributed by atoms with E-state index in [1.165, 1.54) is 0 Å². The van der Waals surface area contributed by atoms with Gasteiger partial charge in [-0.15, -0.1) is 0 Å². The van der Waals surface area contributed by atoms with Crippen LogP contribution in [0.3, 0.4) is 0 Å². The Morgan fingerprint density at radius 1 is 0.588 bits per heavy atom. The molecule has 17 heavy (non-hydrogen) atoms. The second-order valence-electron chi connectivity index (χ2n) is 3.50. The Bertz CT molecular complexity index is 359. The molecule has 0 unspecified atom stereocenters. The Hall–Kier alpha value is -1.68. The fraction of sp³-hybridized carbons (Fsp3) is 0.143. The van der Waals surface area contributed by atoms with Gasteiger partial charge >= 0.3 is 0 Å². The molecule has 0 fully saturated rings. The third-order valence-electron chi connectivity index (χ3n) is 2.22. The molecule has 90 valence electrons. The third-order valence-corrected chi connectivity index (χ3v) is 2.22. The Balaban J connectivity index is 0.00000144. The lowest BCUT2D eigenvalue weighted by Gasteiger charge is -2.04. The molecule has 2 N–H and O–H groups in total. The number of hydrogen-bond donors (Lipinski definition) is 0. The van der Waals surface area contributed by atoms with Crippen molar-refractivity contribution in [1.29, 1.82) is 0 Å². The van der Waals surface area contributed by atoms with Gasteiger partial charge in [-0.05, 0) is 11.1 Å². The predicted octanol–water partition coefficient (Wildman–Crippen LogP) is 2.51. The summed E-state index contributed by atoms with van der Waals surface area (Å²) in [5.74, 6) is 0. The maximum Gasteiger partial charge on any atom is 0.107 e. The SMILES string of the molecule is O.c1ccc(COOCc2ccccc2)cc1. The van der Waals surface area contributed by atoms with Gasteiger partial charge in [0.1, 0.15) is 13.2 Å². The summed E-state index contributed by atoms with van der Waals surface area (Å²) in [6.07, 6.45) is 0. The average Bonchev–Trinajstić information content (AvgIpc) is 2.37. The average molecular weight is 232 g/mol. The lowest BCUT2D eigenvalue weighted by Crippen LogP contribution is -1.95. The topological polar surface area (TPSA) is 50.0 Å². The standard InChI is InChI=1S/C14H14O2.H2O/c1-3-7-13(8-4-1)11-15-16-12-14-9-5-2-6-10-14;/h1-10H,11-12H2;1H2. The van der Waals surface area contributed by atoms with Crippen LogP contribution in [0.1, 0.15) is 11.1 Å². The van der Waals surface area contributed by atoms with Crippen LogP contribution in [0.15, 0.2) is 60.7 Å². The van der Waals surface area contributed by atoms with E-state index in [9.17, 15) is 0 Å². The van der Waals surface area contributed by atoms with Crippen LogP contribution in [-0.2, 0) is 23.0 Å². The van der Waals surface area contributed by atoms with Gasteiger partial charge in [-0.25, -0.2) is 9.78 Å². The summed E-state index contributed by atoms with van der Waals surface area (Å²) in [6.45, 7) is 0.960. The fourth-order valence-corrected chi connectivity index (χ4v) is 1.37. The predicted molar refractivity (Wildman–Crippen MR) is 66.1 cm³/mol. The lowest BCUT2D eigenvalue weighted by atomic mass is 10.2. The Morgan fingerprint density at radius 3 is 1.29 bits per heavy atom. The van der Waals surface area contributed by atoms with Gasteiger partial charge in [-0.2, -0.15) is 0 Å². The molecule has 0 saturated carbocycles. The minimum Gasteiger partial charge on any atom is -0.412 e. The van der Waals surface area contributed by atoms with E-state index in [0.717, 1.165) is 11.1 Å². The van der Waals surface area contributed by atoms with Gasteiger partial charge in [-0.3, -0.25) is 0 Å². The van der Waals surface area contributed by atoms with Crippen LogP contribution in [0.5, 0.6) is 0 Å². The highest BCUT2D eigenvalue weighted by Gasteiger charge is 1.94. The molecule has 0 spiro atoms. The molecule has 0 aliphatic carbocycles. The van der Waals surface area contributed by atoms with Crippen molar-refractivity contribution in [3.05, 3.63) is 71.8 Å². The molecule has 0 atom stereocenters. The van der Waals surface area contributed by atoms with Crippen molar-refractivity contribution in [2.45, 2.75) is 13.2 Å². The summed E-state index contributed by atoms with van der Waals surface area (Å²) in [7, 11) is 0. The summed E-state index contributed by atoms with van der Waals surface area (Å²) in [6, 6.07) is 19.9. The molecule has 0 heterocycles. The van der Waals surface area contributed by atoms with Gasteiger partial charge in [-0.1, -0.05) is 60.7 Å². The first kappa shape index (κ1) is 13.4. The van der Waals surface area contributed by atoms with Gasteiger partial charge in [0.05, 0.1) is 0 Å². The van der Waals surface area contributed by atoms with Crippen LogP contribution in [0.25, 0.3) is 0 Å². The lowest BCUT2D eigenvalue weighted by molar-refractivity contribution is -0.313. The van der Waals surface area contributed by atoms with Crippen molar-refractivity contribution < 1.29 is 15.3 Å². The molecule has 0 amide bonds. The van der Waals surface area contributed by atoms with Crippen molar-refractivity contribution in [1.82, 2.24) is 0 Å². The largest absolute Gasteiger partial charge is 0.412 e. The van der Waals surface area contributed by atoms with Gasteiger partial charge in [0.25, 0.3) is 0 Å². The minimum atomic E-state index is 0. The third kappa shape index (κ3) is 4.78. The maximum atomic E-state index is 5.12. The van der Waals surface area contributed by atoms with Crippen LogP contribution >= 0.6 is 0 Å². The Morgan fingerprint density at radius 2 is 0.941 bits per heavy atom.